The van der Waals surface area contributed by atoms with Gasteiger partial charge in [-0.1, -0.05) is 12.8 Å². The molecule has 0 fully saturated rings. The molecule has 0 spiro atoms. The van der Waals surface area contributed by atoms with E-state index in [9.17, 15) is 9.59 Å². The van der Waals surface area contributed by atoms with Gasteiger partial charge >= 0.3 is 5.97 Å². The van der Waals surface area contributed by atoms with Crippen molar-refractivity contribution in [3.8, 4) is 0 Å². The molecule has 0 bridgehead atoms. The van der Waals surface area contributed by atoms with Gasteiger partial charge in [0.1, 0.15) is 0 Å². The lowest BCUT2D eigenvalue weighted by atomic mass is 10.1. The molecule has 0 atom stereocenters. The molecule has 5 nitrogen and oxygen atoms in total. The summed E-state index contributed by atoms with van der Waals surface area (Å²) in [5, 5.41) is 14.3. The predicted molar refractivity (Wildman–Crippen MR) is 83.1 cm³/mol. The molecule has 0 unspecified atom stereocenters. The first-order valence-corrected chi connectivity index (χ1v) is 8.03. The Morgan fingerprint density at radius 1 is 1.30 bits per heavy atom. The fraction of sp³-hybridized carbons (Fsp3) is 0.462. The van der Waals surface area contributed by atoms with Crippen molar-refractivity contribution < 1.29 is 14.7 Å². The Morgan fingerprint density at radius 2 is 2.00 bits per heavy atom. The highest BCUT2D eigenvalue weighted by atomic mass is 79.9. The van der Waals surface area contributed by atoms with Crippen LogP contribution in [0.4, 0.5) is 0 Å². The Hall–Kier alpha value is -1.21. The van der Waals surface area contributed by atoms with E-state index >= 15 is 0 Å². The first-order chi connectivity index (χ1) is 9.58. The largest absolute Gasteiger partial charge is 0.481 e. The van der Waals surface area contributed by atoms with Crippen LogP contribution in [0.15, 0.2) is 21.0 Å². The molecule has 2 N–H and O–H groups in total. The summed E-state index contributed by atoms with van der Waals surface area (Å²) in [6.45, 7) is 0. The van der Waals surface area contributed by atoms with Gasteiger partial charge in [0, 0.05) is 27.6 Å². The van der Waals surface area contributed by atoms with E-state index < -0.39 is 5.97 Å². The average Bonchev–Trinajstić information content (AvgIpc) is 2.79. The van der Waals surface area contributed by atoms with Crippen molar-refractivity contribution in [3.05, 3.63) is 20.8 Å². The zero-order chi connectivity index (χ0) is 14.8. The predicted octanol–water partition coefficient (Wildman–Crippen LogP) is 3.39. The third-order valence-corrected chi connectivity index (χ3v) is 4.14. The number of carboxylic acid groups (broad SMARTS) is 1. The van der Waals surface area contributed by atoms with Crippen molar-refractivity contribution in [2.75, 3.05) is 0 Å². The third-order valence-electron chi connectivity index (χ3n) is 2.51. The van der Waals surface area contributed by atoms with Crippen LogP contribution in [0.1, 0.15) is 43.4 Å². The maximum atomic E-state index is 11.5. The zero-order valence-electron chi connectivity index (χ0n) is 11.0. The van der Waals surface area contributed by atoms with Crippen LogP contribution in [0, 0.1) is 0 Å². The molecular formula is C13H17BrN2O3S. The molecule has 7 heteroatoms. The van der Waals surface area contributed by atoms with Crippen LogP contribution in [-0.4, -0.2) is 23.2 Å². The summed E-state index contributed by atoms with van der Waals surface area (Å²) >= 11 is 4.88. The highest BCUT2D eigenvalue weighted by molar-refractivity contribution is 9.10. The lowest BCUT2D eigenvalue weighted by Gasteiger charge is -2.00. The number of nitrogens with zero attached hydrogens (tertiary/aromatic N) is 1. The molecule has 0 aromatic carbocycles. The second kappa shape index (κ2) is 9.66. The van der Waals surface area contributed by atoms with E-state index in [1.54, 1.807) is 6.21 Å². The Bertz CT molecular complexity index is 474. The minimum Gasteiger partial charge on any atom is -0.481 e. The summed E-state index contributed by atoms with van der Waals surface area (Å²) in [6.07, 6.45) is 5.35. The smallest absolute Gasteiger partial charge is 0.303 e. The van der Waals surface area contributed by atoms with Gasteiger partial charge in [-0.15, -0.1) is 11.3 Å². The second-order valence-corrected chi connectivity index (χ2v) is 6.13. The molecule has 0 radical (unpaired) electrons. The number of hydrogen-bond donors (Lipinski definition) is 2. The third kappa shape index (κ3) is 8.06. The lowest BCUT2D eigenvalue weighted by molar-refractivity contribution is -0.137. The second-order valence-electron chi connectivity index (χ2n) is 4.27. The number of hydrogen-bond acceptors (Lipinski definition) is 4. The first-order valence-electron chi connectivity index (χ1n) is 6.35. The molecule has 0 saturated heterocycles. The van der Waals surface area contributed by atoms with Gasteiger partial charge in [0.05, 0.1) is 6.21 Å². The lowest BCUT2D eigenvalue weighted by Crippen LogP contribution is -2.16. The van der Waals surface area contributed by atoms with Crippen molar-refractivity contribution in [3.63, 3.8) is 0 Å². The highest BCUT2D eigenvalue weighted by Gasteiger charge is 2.01. The van der Waals surface area contributed by atoms with Crippen molar-refractivity contribution in [2.24, 2.45) is 5.10 Å². The van der Waals surface area contributed by atoms with Crippen LogP contribution in [0.5, 0.6) is 0 Å². The van der Waals surface area contributed by atoms with Crippen LogP contribution in [0.2, 0.25) is 0 Å². The number of hydrazone groups is 1. The van der Waals surface area contributed by atoms with Crippen LogP contribution >= 0.6 is 27.3 Å². The van der Waals surface area contributed by atoms with Crippen LogP contribution in [0.3, 0.4) is 0 Å². The number of thiophene rings is 1. The van der Waals surface area contributed by atoms with Crippen molar-refractivity contribution >= 4 is 45.4 Å². The van der Waals surface area contributed by atoms with Gasteiger partial charge in [-0.25, -0.2) is 5.43 Å². The van der Waals surface area contributed by atoms with E-state index in [0.717, 1.165) is 28.6 Å². The summed E-state index contributed by atoms with van der Waals surface area (Å²) < 4.78 is 0.997. The van der Waals surface area contributed by atoms with Crippen LogP contribution in [-0.2, 0) is 9.59 Å². The molecule has 0 saturated carbocycles. The maximum absolute atomic E-state index is 11.5. The SMILES string of the molecule is O=C(O)CCCCCCC(=O)N/N=C/c1cc(Br)cs1. The molecular weight excluding hydrogens is 344 g/mol. The first kappa shape index (κ1) is 16.8. The minimum absolute atomic E-state index is 0.116. The van der Waals surface area contributed by atoms with E-state index in [-0.39, 0.29) is 12.3 Å². The topological polar surface area (TPSA) is 78.8 Å². The molecule has 110 valence electrons. The number of nitrogens with one attached hydrogen (secondary N) is 1. The van der Waals surface area contributed by atoms with Gasteiger partial charge in [0.15, 0.2) is 0 Å². The molecule has 1 heterocycles. The van der Waals surface area contributed by atoms with E-state index in [4.69, 9.17) is 5.11 Å². The van der Waals surface area contributed by atoms with Crippen LogP contribution < -0.4 is 5.43 Å². The summed E-state index contributed by atoms with van der Waals surface area (Å²) in [6, 6.07) is 1.92. The van der Waals surface area contributed by atoms with E-state index in [1.165, 1.54) is 11.3 Å². The Morgan fingerprint density at radius 3 is 2.60 bits per heavy atom. The van der Waals surface area contributed by atoms with E-state index in [0.29, 0.717) is 12.8 Å². The molecule has 1 rings (SSSR count). The quantitative estimate of drug-likeness (QED) is 0.402. The van der Waals surface area contributed by atoms with Crippen molar-refractivity contribution in [1.82, 2.24) is 5.43 Å². The van der Waals surface area contributed by atoms with Gasteiger partial charge in [0.2, 0.25) is 5.91 Å². The molecule has 0 aliphatic carbocycles. The molecule has 0 aliphatic heterocycles. The minimum atomic E-state index is -0.766. The number of halogens is 1. The number of carbonyl (C=O) groups excluding carboxylic acids is 1. The standard InChI is InChI=1S/C13H17BrN2O3S/c14-10-7-11(20-9-10)8-15-16-12(17)5-3-1-2-4-6-13(18)19/h7-9H,1-6H2,(H,16,17)(H,18,19)/b15-8+. The molecule has 20 heavy (non-hydrogen) atoms. The Balaban J connectivity index is 2.06. The van der Waals surface area contributed by atoms with Gasteiger partial charge < -0.3 is 5.11 Å². The maximum Gasteiger partial charge on any atom is 0.303 e. The molecule has 1 amide bonds. The monoisotopic (exact) mass is 360 g/mol. The van der Waals surface area contributed by atoms with Gasteiger partial charge in [-0.05, 0) is 34.8 Å². The van der Waals surface area contributed by atoms with Crippen molar-refractivity contribution in [2.45, 2.75) is 38.5 Å². The van der Waals surface area contributed by atoms with E-state index in [2.05, 4.69) is 26.5 Å². The van der Waals surface area contributed by atoms with Gasteiger partial charge in [-0.3, -0.25) is 9.59 Å². The van der Waals surface area contributed by atoms with Crippen LogP contribution in [0.25, 0.3) is 0 Å². The number of amides is 1. The zero-order valence-corrected chi connectivity index (χ0v) is 13.4. The van der Waals surface area contributed by atoms with E-state index in [1.807, 2.05) is 11.4 Å². The van der Waals surface area contributed by atoms with Gasteiger partial charge in [0.25, 0.3) is 0 Å². The Kier molecular flexibility index (Phi) is 8.13. The van der Waals surface area contributed by atoms with Gasteiger partial charge in [-0.2, -0.15) is 5.10 Å². The Labute approximate surface area is 130 Å². The highest BCUT2D eigenvalue weighted by Crippen LogP contribution is 2.17. The number of carboxylic acids is 1. The summed E-state index contributed by atoms with van der Waals surface area (Å²) in [5.41, 5.74) is 2.48. The average molecular weight is 361 g/mol. The number of carbonyl (C=O) groups is 2. The number of aliphatic carboxylic acids is 1. The molecule has 1 aromatic heterocycles. The molecule has 1 aromatic rings. The number of unbranched alkanes of at least 4 members (excludes halogenated alkanes) is 3. The number of rotatable bonds is 9. The fourth-order valence-corrected chi connectivity index (χ4v) is 2.84. The fourth-order valence-electron chi connectivity index (χ4n) is 1.54. The summed E-state index contributed by atoms with van der Waals surface area (Å²) in [5.74, 6) is -0.882. The molecule has 0 aliphatic rings. The van der Waals surface area contributed by atoms with Crippen molar-refractivity contribution in [1.29, 1.82) is 0 Å². The normalized spacial score (nSPS) is 10.8. The summed E-state index contributed by atoms with van der Waals surface area (Å²) in [7, 11) is 0. The summed E-state index contributed by atoms with van der Waals surface area (Å²) in [4.78, 5) is 22.7.